The van der Waals surface area contributed by atoms with Crippen LogP contribution < -0.4 is 4.74 Å². The van der Waals surface area contributed by atoms with Crippen molar-refractivity contribution in [2.24, 2.45) is 0 Å². The zero-order valence-corrected chi connectivity index (χ0v) is 8.63. The predicted molar refractivity (Wildman–Crippen MR) is 54.1 cm³/mol. The Morgan fingerprint density at radius 1 is 1.38 bits per heavy atom. The van der Waals surface area contributed by atoms with Crippen LogP contribution in [0.4, 0.5) is 0 Å². The van der Waals surface area contributed by atoms with Crippen molar-refractivity contribution in [3.8, 4) is 5.75 Å². The van der Waals surface area contributed by atoms with Gasteiger partial charge in [-0.05, 0) is 31.4 Å². The third-order valence-electron chi connectivity index (χ3n) is 1.98. The summed E-state index contributed by atoms with van der Waals surface area (Å²) in [5, 5.41) is 0. The highest BCUT2D eigenvalue weighted by molar-refractivity contribution is 5.36. The number of aromatic nitrogens is 1. The fraction of sp³-hybridized carbons (Fsp3) is 0.545. The van der Waals surface area contributed by atoms with Gasteiger partial charge in [-0.3, -0.25) is 4.98 Å². The van der Waals surface area contributed by atoms with Crippen molar-refractivity contribution in [2.75, 3.05) is 6.61 Å². The van der Waals surface area contributed by atoms with Crippen LogP contribution in [0.5, 0.6) is 5.75 Å². The van der Waals surface area contributed by atoms with Crippen LogP contribution in [0.1, 0.15) is 31.5 Å². The molecular weight excluding hydrogens is 162 g/mol. The van der Waals surface area contributed by atoms with Crippen molar-refractivity contribution in [1.29, 1.82) is 0 Å². The number of aryl methyl sites for hydroxylation is 2. The Balaban J connectivity index is 0.000000396. The molecule has 13 heavy (non-hydrogen) atoms. The summed E-state index contributed by atoms with van der Waals surface area (Å²) in [6, 6.07) is 1.99. The summed E-state index contributed by atoms with van der Waals surface area (Å²) >= 11 is 0. The molecule has 1 aliphatic rings. The van der Waals surface area contributed by atoms with Gasteiger partial charge in [-0.2, -0.15) is 0 Å². The first-order chi connectivity index (χ1) is 6.38. The van der Waals surface area contributed by atoms with Crippen molar-refractivity contribution in [2.45, 2.75) is 33.6 Å². The second kappa shape index (κ2) is 4.85. The van der Waals surface area contributed by atoms with Crippen LogP contribution in [0, 0.1) is 6.92 Å². The van der Waals surface area contributed by atoms with Gasteiger partial charge in [-0.25, -0.2) is 0 Å². The van der Waals surface area contributed by atoms with Gasteiger partial charge in [0.05, 0.1) is 12.3 Å². The zero-order valence-electron chi connectivity index (χ0n) is 8.63. The molecule has 0 aromatic carbocycles. The van der Waals surface area contributed by atoms with E-state index in [1.165, 1.54) is 5.56 Å². The third kappa shape index (κ3) is 2.20. The molecule has 0 saturated carbocycles. The topological polar surface area (TPSA) is 22.1 Å². The number of fused-ring (bicyclic) bond motifs is 1. The monoisotopic (exact) mass is 179 g/mol. The fourth-order valence-corrected chi connectivity index (χ4v) is 1.39. The molecule has 2 heteroatoms. The van der Waals surface area contributed by atoms with E-state index < -0.39 is 0 Å². The quantitative estimate of drug-likeness (QED) is 0.611. The maximum Gasteiger partial charge on any atom is 0.143 e. The molecule has 0 radical (unpaired) electrons. The molecule has 0 saturated heterocycles. The van der Waals surface area contributed by atoms with Crippen LogP contribution in [-0.2, 0) is 6.42 Å². The van der Waals surface area contributed by atoms with Gasteiger partial charge in [0.1, 0.15) is 5.75 Å². The van der Waals surface area contributed by atoms with Gasteiger partial charge in [0.2, 0.25) is 0 Å². The Bertz CT molecular complexity index is 271. The lowest BCUT2D eigenvalue weighted by molar-refractivity contribution is 0.283. The van der Waals surface area contributed by atoms with Crippen LogP contribution in [0.25, 0.3) is 0 Å². The van der Waals surface area contributed by atoms with Gasteiger partial charge < -0.3 is 4.74 Å². The van der Waals surface area contributed by atoms with Gasteiger partial charge in [-0.15, -0.1) is 0 Å². The lowest BCUT2D eigenvalue weighted by atomic mass is 10.1. The van der Waals surface area contributed by atoms with E-state index >= 15 is 0 Å². The average Bonchev–Trinajstić information content (AvgIpc) is 2.22. The van der Waals surface area contributed by atoms with E-state index in [0.717, 1.165) is 30.9 Å². The molecule has 0 unspecified atom stereocenters. The van der Waals surface area contributed by atoms with Crippen molar-refractivity contribution in [3.05, 3.63) is 23.5 Å². The first-order valence-corrected chi connectivity index (χ1v) is 4.95. The predicted octanol–water partition coefficient (Wildman–Crippen LogP) is 2.74. The van der Waals surface area contributed by atoms with Crippen LogP contribution in [-0.4, -0.2) is 11.6 Å². The normalized spacial score (nSPS) is 13.5. The summed E-state index contributed by atoms with van der Waals surface area (Å²) in [5.41, 5.74) is 2.32. The van der Waals surface area contributed by atoms with Gasteiger partial charge in [0.25, 0.3) is 0 Å². The third-order valence-corrected chi connectivity index (χ3v) is 1.98. The summed E-state index contributed by atoms with van der Waals surface area (Å²) in [7, 11) is 0. The van der Waals surface area contributed by atoms with Crippen LogP contribution in [0.2, 0.25) is 0 Å². The van der Waals surface area contributed by atoms with E-state index in [4.69, 9.17) is 4.74 Å². The number of pyridine rings is 1. The Morgan fingerprint density at radius 3 is 2.85 bits per heavy atom. The Hall–Kier alpha value is -1.05. The first-order valence-electron chi connectivity index (χ1n) is 4.95. The van der Waals surface area contributed by atoms with E-state index in [9.17, 15) is 0 Å². The average molecular weight is 179 g/mol. The maximum atomic E-state index is 5.49. The molecule has 2 rings (SSSR count). The van der Waals surface area contributed by atoms with E-state index in [1.54, 1.807) is 0 Å². The molecule has 0 atom stereocenters. The molecule has 1 aromatic rings. The SMILES string of the molecule is CC.Cc1ccnc2c1OCCC2. The van der Waals surface area contributed by atoms with Gasteiger partial charge >= 0.3 is 0 Å². The van der Waals surface area contributed by atoms with E-state index in [1.807, 2.05) is 26.1 Å². The first kappa shape index (κ1) is 10.0. The van der Waals surface area contributed by atoms with Crippen molar-refractivity contribution in [1.82, 2.24) is 4.98 Å². The lowest BCUT2D eigenvalue weighted by Gasteiger charge is -2.17. The number of ether oxygens (including phenoxy) is 1. The highest BCUT2D eigenvalue weighted by Gasteiger charge is 2.12. The van der Waals surface area contributed by atoms with E-state index in [-0.39, 0.29) is 0 Å². The second-order valence-corrected chi connectivity index (χ2v) is 2.86. The standard InChI is InChI=1S/C9H11NO.C2H6/c1-7-4-5-10-8-3-2-6-11-9(7)8;1-2/h4-5H,2-3,6H2,1H3;1-2H3. The lowest BCUT2D eigenvalue weighted by Crippen LogP contribution is -2.10. The molecule has 72 valence electrons. The highest BCUT2D eigenvalue weighted by Crippen LogP contribution is 2.25. The molecule has 2 heterocycles. The molecular formula is C11H17NO. The maximum absolute atomic E-state index is 5.49. The van der Waals surface area contributed by atoms with Crippen molar-refractivity contribution >= 4 is 0 Å². The molecule has 0 bridgehead atoms. The van der Waals surface area contributed by atoms with Crippen molar-refractivity contribution in [3.63, 3.8) is 0 Å². The Kier molecular flexibility index (Phi) is 3.74. The summed E-state index contributed by atoms with van der Waals surface area (Å²) in [6.45, 7) is 6.91. The molecule has 1 aromatic heterocycles. The number of nitrogens with zero attached hydrogens (tertiary/aromatic N) is 1. The number of hydrogen-bond donors (Lipinski definition) is 0. The highest BCUT2D eigenvalue weighted by atomic mass is 16.5. The molecule has 0 spiro atoms. The minimum atomic E-state index is 0.847. The molecule has 0 aliphatic carbocycles. The van der Waals surface area contributed by atoms with E-state index in [0.29, 0.717) is 0 Å². The molecule has 2 nitrogen and oxygen atoms in total. The van der Waals surface area contributed by atoms with Gasteiger partial charge in [0.15, 0.2) is 0 Å². The molecule has 0 amide bonds. The summed E-state index contributed by atoms with van der Waals surface area (Å²) in [5.74, 6) is 1.01. The molecule has 1 aliphatic heterocycles. The van der Waals surface area contributed by atoms with Crippen LogP contribution in [0.3, 0.4) is 0 Å². The Labute approximate surface area is 80.0 Å². The van der Waals surface area contributed by atoms with Crippen LogP contribution in [0.15, 0.2) is 12.3 Å². The number of hydrogen-bond acceptors (Lipinski definition) is 2. The molecule has 0 fully saturated rings. The molecule has 0 N–H and O–H groups in total. The Morgan fingerprint density at radius 2 is 2.15 bits per heavy atom. The van der Waals surface area contributed by atoms with Gasteiger partial charge in [-0.1, -0.05) is 13.8 Å². The zero-order chi connectivity index (χ0) is 9.68. The summed E-state index contributed by atoms with van der Waals surface area (Å²) in [4.78, 5) is 4.26. The van der Waals surface area contributed by atoms with Gasteiger partial charge in [0, 0.05) is 6.20 Å². The van der Waals surface area contributed by atoms with E-state index in [2.05, 4.69) is 11.9 Å². The minimum absolute atomic E-state index is 0.847. The minimum Gasteiger partial charge on any atom is -0.491 e. The second-order valence-electron chi connectivity index (χ2n) is 2.86. The largest absolute Gasteiger partial charge is 0.491 e. The summed E-state index contributed by atoms with van der Waals surface area (Å²) < 4.78 is 5.49. The smallest absolute Gasteiger partial charge is 0.143 e. The summed E-state index contributed by atoms with van der Waals surface area (Å²) in [6.07, 6.45) is 4.02. The van der Waals surface area contributed by atoms with Crippen molar-refractivity contribution < 1.29 is 4.74 Å². The van der Waals surface area contributed by atoms with Crippen LogP contribution >= 0.6 is 0 Å². The fourth-order valence-electron chi connectivity index (χ4n) is 1.39. The number of rotatable bonds is 0.